The molecular formula is C33H40F3N3O3. The number of pyridine rings is 1. The van der Waals surface area contributed by atoms with Gasteiger partial charge in [-0.2, -0.15) is 13.2 Å². The average Bonchev–Trinajstić information content (AvgIpc) is 2.97. The maximum absolute atomic E-state index is 13.8. The summed E-state index contributed by atoms with van der Waals surface area (Å²) in [5.41, 5.74) is 2.13. The van der Waals surface area contributed by atoms with Crippen LogP contribution in [-0.4, -0.2) is 66.2 Å². The number of fused-ring (bicyclic) bond motifs is 1. The molecule has 0 amide bonds. The zero-order valence-electron chi connectivity index (χ0n) is 24.9. The monoisotopic (exact) mass is 583 g/mol. The number of likely N-dealkylation sites (tertiary alicyclic amines) is 2. The normalized spacial score (nSPS) is 17.6. The number of esters is 1. The number of benzene rings is 2. The molecule has 0 unspecified atom stereocenters. The Balaban J connectivity index is 1.61. The van der Waals surface area contributed by atoms with Gasteiger partial charge in [0, 0.05) is 35.2 Å². The van der Waals surface area contributed by atoms with Gasteiger partial charge in [-0.25, -0.2) is 9.78 Å². The summed E-state index contributed by atoms with van der Waals surface area (Å²) < 4.78 is 52.5. The van der Waals surface area contributed by atoms with E-state index in [9.17, 15) is 18.0 Å². The summed E-state index contributed by atoms with van der Waals surface area (Å²) in [4.78, 5) is 23.3. The Hall–Kier alpha value is -3.17. The van der Waals surface area contributed by atoms with Gasteiger partial charge in [0.2, 0.25) is 0 Å². The molecule has 2 saturated heterocycles. The van der Waals surface area contributed by atoms with E-state index in [0.717, 1.165) is 56.7 Å². The summed E-state index contributed by atoms with van der Waals surface area (Å²) in [6.45, 7) is 10.1. The number of hydrogen-bond donors (Lipinski definition) is 0. The van der Waals surface area contributed by atoms with Crippen molar-refractivity contribution in [1.82, 2.24) is 14.8 Å². The minimum atomic E-state index is -4.51. The second-order valence-electron chi connectivity index (χ2n) is 11.8. The van der Waals surface area contributed by atoms with E-state index in [2.05, 4.69) is 9.80 Å². The lowest BCUT2D eigenvalue weighted by Crippen LogP contribution is -2.46. The third kappa shape index (κ3) is 6.57. The van der Waals surface area contributed by atoms with E-state index < -0.39 is 17.7 Å². The van der Waals surface area contributed by atoms with Gasteiger partial charge in [0.15, 0.2) is 0 Å². The number of carbonyl (C=O) groups is 1. The van der Waals surface area contributed by atoms with Crippen molar-refractivity contribution < 1.29 is 27.4 Å². The zero-order chi connectivity index (χ0) is 30.0. The molecule has 3 heterocycles. The minimum absolute atomic E-state index is 0.0868. The van der Waals surface area contributed by atoms with Crippen molar-refractivity contribution in [3.63, 3.8) is 0 Å². The predicted molar refractivity (Wildman–Crippen MR) is 158 cm³/mol. The van der Waals surface area contributed by atoms with Crippen LogP contribution < -0.4 is 4.74 Å². The SMILES string of the molecule is COC(=O)c1c(CN2CCC(N3CCCCC3)CC2)c(-c2cccc(C(F)(F)F)c2)nc2cc(OC(C)C)c(C)cc12. The van der Waals surface area contributed by atoms with Crippen molar-refractivity contribution in [2.45, 2.75) is 77.7 Å². The first kappa shape index (κ1) is 30.3. The molecule has 42 heavy (non-hydrogen) atoms. The Labute approximate surface area is 245 Å². The van der Waals surface area contributed by atoms with Crippen LogP contribution in [0.2, 0.25) is 0 Å². The Morgan fingerprint density at radius 1 is 1.05 bits per heavy atom. The molecule has 3 aromatic rings. The van der Waals surface area contributed by atoms with Crippen molar-refractivity contribution >= 4 is 16.9 Å². The molecule has 2 aromatic carbocycles. The number of aromatic nitrogens is 1. The van der Waals surface area contributed by atoms with E-state index in [0.29, 0.717) is 51.6 Å². The van der Waals surface area contributed by atoms with Gasteiger partial charge in [0.05, 0.1) is 35.6 Å². The zero-order valence-corrected chi connectivity index (χ0v) is 24.9. The summed E-state index contributed by atoms with van der Waals surface area (Å²) >= 11 is 0. The minimum Gasteiger partial charge on any atom is -0.491 e. The first-order valence-corrected chi connectivity index (χ1v) is 14.9. The van der Waals surface area contributed by atoms with Crippen molar-refractivity contribution in [1.29, 1.82) is 0 Å². The fraction of sp³-hybridized carbons (Fsp3) is 0.515. The molecule has 2 fully saturated rings. The van der Waals surface area contributed by atoms with Crippen molar-refractivity contribution in [2.24, 2.45) is 0 Å². The predicted octanol–water partition coefficient (Wildman–Crippen LogP) is 7.25. The van der Waals surface area contributed by atoms with Crippen LogP contribution in [0.3, 0.4) is 0 Å². The number of nitrogens with zero attached hydrogens (tertiary/aromatic N) is 3. The largest absolute Gasteiger partial charge is 0.491 e. The van der Waals surface area contributed by atoms with Crippen molar-refractivity contribution in [3.05, 3.63) is 58.7 Å². The summed E-state index contributed by atoms with van der Waals surface area (Å²) in [6, 6.07) is 9.35. The molecule has 0 bridgehead atoms. The molecule has 0 N–H and O–H groups in total. The first-order chi connectivity index (χ1) is 20.0. The van der Waals surface area contributed by atoms with E-state index >= 15 is 0 Å². The molecule has 0 spiro atoms. The fourth-order valence-corrected chi connectivity index (χ4v) is 6.34. The van der Waals surface area contributed by atoms with Crippen LogP contribution >= 0.6 is 0 Å². The number of carbonyl (C=O) groups excluding carboxylic acids is 1. The van der Waals surface area contributed by atoms with Crippen molar-refractivity contribution in [2.75, 3.05) is 33.3 Å². The molecule has 0 aliphatic carbocycles. The Morgan fingerprint density at radius 2 is 1.76 bits per heavy atom. The third-order valence-electron chi connectivity index (χ3n) is 8.44. The molecule has 5 rings (SSSR count). The number of aryl methyl sites for hydroxylation is 1. The maximum Gasteiger partial charge on any atom is 0.416 e. The molecule has 226 valence electrons. The van der Waals surface area contributed by atoms with E-state index in [1.54, 1.807) is 12.1 Å². The standard InChI is InChI=1S/C33H40F3N3O3/c1-21(2)42-29-19-28-26(17-22(29)3)30(32(40)41-4)27(31(37-28)23-9-8-10-24(18-23)33(34,35)36)20-38-15-11-25(12-16-38)39-13-6-5-7-14-39/h8-10,17-19,21,25H,5-7,11-16,20H2,1-4H3. The van der Waals surface area contributed by atoms with Gasteiger partial charge in [-0.15, -0.1) is 0 Å². The highest BCUT2D eigenvalue weighted by Gasteiger charge is 2.32. The van der Waals surface area contributed by atoms with E-state index in [4.69, 9.17) is 14.5 Å². The van der Waals surface area contributed by atoms with E-state index in [-0.39, 0.29) is 6.10 Å². The molecule has 0 atom stereocenters. The lowest BCUT2D eigenvalue weighted by atomic mass is 9.93. The Morgan fingerprint density at radius 3 is 2.40 bits per heavy atom. The number of rotatable bonds is 7. The number of hydrogen-bond acceptors (Lipinski definition) is 6. The van der Waals surface area contributed by atoms with E-state index in [1.165, 1.54) is 32.4 Å². The Bertz CT molecular complexity index is 1430. The van der Waals surface area contributed by atoms with E-state index in [1.807, 2.05) is 26.8 Å². The van der Waals surface area contributed by atoms with Crippen LogP contribution in [0.15, 0.2) is 36.4 Å². The highest BCUT2D eigenvalue weighted by Crippen LogP contribution is 2.38. The third-order valence-corrected chi connectivity index (χ3v) is 8.44. The highest BCUT2D eigenvalue weighted by atomic mass is 19.4. The van der Waals surface area contributed by atoms with Crippen LogP contribution in [0.25, 0.3) is 22.2 Å². The quantitative estimate of drug-likeness (QED) is 0.273. The van der Waals surface area contributed by atoms with Gasteiger partial charge in [-0.1, -0.05) is 18.6 Å². The number of piperidine rings is 2. The number of methoxy groups -OCH3 is 1. The summed E-state index contributed by atoms with van der Waals surface area (Å²) in [5.74, 6) is 0.0779. The van der Waals surface area contributed by atoms with Crippen LogP contribution in [0.1, 0.15) is 73.0 Å². The highest BCUT2D eigenvalue weighted by molar-refractivity contribution is 6.07. The average molecular weight is 584 g/mol. The van der Waals surface area contributed by atoms with Gasteiger partial charge >= 0.3 is 12.1 Å². The Kier molecular flexibility index (Phi) is 9.08. The summed E-state index contributed by atoms with van der Waals surface area (Å²) in [7, 11) is 1.33. The van der Waals surface area contributed by atoms with Crippen molar-refractivity contribution in [3.8, 4) is 17.0 Å². The van der Waals surface area contributed by atoms with Crippen LogP contribution in [-0.2, 0) is 17.5 Å². The molecule has 0 radical (unpaired) electrons. The number of halogens is 3. The van der Waals surface area contributed by atoms with Gasteiger partial charge < -0.3 is 14.4 Å². The molecule has 2 aliphatic heterocycles. The molecule has 2 aliphatic rings. The molecule has 9 heteroatoms. The van der Waals surface area contributed by atoms with Gasteiger partial charge in [-0.05, 0) is 96.4 Å². The first-order valence-electron chi connectivity index (χ1n) is 14.9. The van der Waals surface area contributed by atoms with Gasteiger partial charge in [-0.3, -0.25) is 4.90 Å². The molecule has 6 nitrogen and oxygen atoms in total. The smallest absolute Gasteiger partial charge is 0.416 e. The van der Waals surface area contributed by atoms with Crippen LogP contribution in [0.4, 0.5) is 13.2 Å². The van der Waals surface area contributed by atoms with Crippen LogP contribution in [0.5, 0.6) is 5.75 Å². The fourth-order valence-electron chi connectivity index (χ4n) is 6.34. The van der Waals surface area contributed by atoms with Gasteiger partial charge in [0.1, 0.15) is 5.75 Å². The lowest BCUT2D eigenvalue weighted by Gasteiger charge is -2.40. The molecule has 1 aromatic heterocycles. The second-order valence-corrected chi connectivity index (χ2v) is 11.8. The second kappa shape index (κ2) is 12.6. The molecular weight excluding hydrogens is 543 g/mol. The maximum atomic E-state index is 13.8. The topological polar surface area (TPSA) is 54.9 Å². The summed E-state index contributed by atoms with van der Waals surface area (Å²) in [5, 5.41) is 0.601. The number of alkyl halides is 3. The molecule has 0 saturated carbocycles. The summed E-state index contributed by atoms with van der Waals surface area (Å²) in [6.07, 6.45) is 1.22. The number of ether oxygens (including phenoxy) is 2. The lowest BCUT2D eigenvalue weighted by molar-refractivity contribution is -0.137. The van der Waals surface area contributed by atoms with Gasteiger partial charge in [0.25, 0.3) is 0 Å². The van der Waals surface area contributed by atoms with Crippen LogP contribution in [0, 0.1) is 6.92 Å².